The summed E-state index contributed by atoms with van der Waals surface area (Å²) in [6, 6.07) is 0.850. The van der Waals surface area contributed by atoms with Crippen molar-refractivity contribution in [3.8, 4) is 5.75 Å². The van der Waals surface area contributed by atoms with E-state index in [9.17, 15) is 4.79 Å². The highest BCUT2D eigenvalue weighted by atomic mass is 79.9. The summed E-state index contributed by atoms with van der Waals surface area (Å²) in [6.45, 7) is 0. The van der Waals surface area contributed by atoms with Crippen LogP contribution < -0.4 is 10.5 Å². The number of carboxylic acid groups (broad SMARTS) is 1. The van der Waals surface area contributed by atoms with Crippen LogP contribution >= 0.6 is 15.9 Å². The molecule has 0 radical (unpaired) electrons. The fourth-order valence-electron chi connectivity index (χ4n) is 2.60. The van der Waals surface area contributed by atoms with Crippen LogP contribution in [0.4, 0.5) is 0 Å². The van der Waals surface area contributed by atoms with Gasteiger partial charge in [0.2, 0.25) is 0 Å². The van der Waals surface area contributed by atoms with Crippen molar-refractivity contribution in [2.75, 3.05) is 7.11 Å². The fraction of sp³-hybridized carbons (Fsp3) is 0.500. The summed E-state index contributed by atoms with van der Waals surface area (Å²) in [6.07, 6.45) is 5.45. The van der Waals surface area contributed by atoms with Gasteiger partial charge in [0.05, 0.1) is 11.6 Å². The molecular weight excluding hydrogens is 310 g/mol. The SMILES string of the molecule is COc1c(C(N)C(=O)O)cc2c(c1Br)CCCCC2. The molecule has 0 heterocycles. The number of aliphatic carboxylic acids is 1. The van der Waals surface area contributed by atoms with E-state index in [2.05, 4.69) is 15.9 Å². The second-order valence-corrected chi connectivity index (χ2v) is 5.62. The number of ether oxygens (including phenoxy) is 1. The molecule has 0 bridgehead atoms. The molecule has 1 atom stereocenters. The number of aryl methyl sites for hydroxylation is 1. The summed E-state index contributed by atoms with van der Waals surface area (Å²) >= 11 is 3.56. The van der Waals surface area contributed by atoms with E-state index in [1.165, 1.54) is 17.5 Å². The Morgan fingerprint density at radius 1 is 1.42 bits per heavy atom. The second-order valence-electron chi connectivity index (χ2n) is 4.83. The number of carboxylic acids is 1. The van der Waals surface area contributed by atoms with Crippen LogP contribution in [0, 0.1) is 0 Å². The summed E-state index contributed by atoms with van der Waals surface area (Å²) in [5.74, 6) is -0.491. The molecule has 19 heavy (non-hydrogen) atoms. The van der Waals surface area contributed by atoms with Gasteiger partial charge in [-0.15, -0.1) is 0 Å². The van der Waals surface area contributed by atoms with Gasteiger partial charge in [0.1, 0.15) is 11.8 Å². The van der Waals surface area contributed by atoms with E-state index in [4.69, 9.17) is 15.6 Å². The van der Waals surface area contributed by atoms with Crippen LogP contribution in [0.5, 0.6) is 5.75 Å². The molecule has 0 amide bonds. The molecule has 0 saturated carbocycles. The van der Waals surface area contributed by atoms with Gasteiger partial charge in [0, 0.05) is 5.56 Å². The molecule has 1 aromatic carbocycles. The smallest absolute Gasteiger partial charge is 0.325 e. The van der Waals surface area contributed by atoms with Crippen molar-refractivity contribution in [1.29, 1.82) is 0 Å². The number of carbonyl (C=O) groups is 1. The van der Waals surface area contributed by atoms with Crippen molar-refractivity contribution in [2.45, 2.75) is 38.1 Å². The van der Waals surface area contributed by atoms with Gasteiger partial charge in [0.15, 0.2) is 0 Å². The maximum Gasteiger partial charge on any atom is 0.325 e. The van der Waals surface area contributed by atoms with Crippen LogP contribution in [-0.2, 0) is 17.6 Å². The van der Waals surface area contributed by atoms with E-state index < -0.39 is 12.0 Å². The van der Waals surface area contributed by atoms with Crippen molar-refractivity contribution in [3.05, 3.63) is 27.2 Å². The van der Waals surface area contributed by atoms with E-state index in [0.29, 0.717) is 11.3 Å². The van der Waals surface area contributed by atoms with E-state index in [0.717, 1.165) is 30.2 Å². The van der Waals surface area contributed by atoms with Crippen LogP contribution in [0.15, 0.2) is 10.5 Å². The van der Waals surface area contributed by atoms with Gasteiger partial charge in [-0.2, -0.15) is 0 Å². The Labute approximate surface area is 121 Å². The molecule has 3 N–H and O–H groups in total. The Kier molecular flexibility index (Phi) is 4.47. The minimum atomic E-state index is -1.06. The number of methoxy groups -OCH3 is 1. The van der Waals surface area contributed by atoms with Gasteiger partial charge in [0.25, 0.3) is 0 Å². The van der Waals surface area contributed by atoms with Crippen molar-refractivity contribution in [1.82, 2.24) is 0 Å². The van der Waals surface area contributed by atoms with E-state index in [1.54, 1.807) is 7.11 Å². The van der Waals surface area contributed by atoms with Crippen LogP contribution in [0.25, 0.3) is 0 Å². The Morgan fingerprint density at radius 3 is 2.74 bits per heavy atom. The zero-order chi connectivity index (χ0) is 14.0. The van der Waals surface area contributed by atoms with E-state index in [1.807, 2.05) is 6.07 Å². The number of fused-ring (bicyclic) bond motifs is 1. The molecule has 5 heteroatoms. The first-order valence-corrected chi connectivity index (χ1v) is 7.22. The summed E-state index contributed by atoms with van der Waals surface area (Å²) in [4.78, 5) is 11.1. The minimum absolute atomic E-state index is 0.544. The summed E-state index contributed by atoms with van der Waals surface area (Å²) < 4.78 is 6.23. The van der Waals surface area contributed by atoms with Crippen LogP contribution in [-0.4, -0.2) is 18.2 Å². The largest absolute Gasteiger partial charge is 0.495 e. The van der Waals surface area contributed by atoms with Crippen molar-refractivity contribution >= 4 is 21.9 Å². The minimum Gasteiger partial charge on any atom is -0.495 e. The zero-order valence-electron chi connectivity index (χ0n) is 10.9. The third-order valence-corrected chi connectivity index (χ3v) is 4.46. The average molecular weight is 328 g/mol. The molecule has 104 valence electrons. The highest BCUT2D eigenvalue weighted by Gasteiger charge is 2.25. The number of rotatable bonds is 3. The third-order valence-electron chi connectivity index (χ3n) is 3.62. The van der Waals surface area contributed by atoms with Gasteiger partial charge in [-0.1, -0.05) is 6.42 Å². The monoisotopic (exact) mass is 327 g/mol. The molecule has 2 rings (SSSR count). The molecule has 0 spiro atoms. The maximum atomic E-state index is 11.1. The standard InChI is InChI=1S/C14H18BrNO3/c1-19-13-10(12(16)14(17)18)7-8-5-3-2-4-6-9(8)11(13)15/h7,12H,2-6,16H2,1H3,(H,17,18). The maximum absolute atomic E-state index is 11.1. The first-order chi connectivity index (χ1) is 9.06. The Balaban J connectivity index is 2.58. The number of benzene rings is 1. The Bertz CT molecular complexity index is 502. The van der Waals surface area contributed by atoms with Gasteiger partial charge in [-0.25, -0.2) is 0 Å². The highest BCUT2D eigenvalue weighted by molar-refractivity contribution is 9.10. The first kappa shape index (κ1) is 14.3. The number of halogens is 1. The lowest BCUT2D eigenvalue weighted by molar-refractivity contribution is -0.138. The van der Waals surface area contributed by atoms with Crippen molar-refractivity contribution < 1.29 is 14.6 Å². The Morgan fingerprint density at radius 2 is 2.11 bits per heavy atom. The van der Waals surface area contributed by atoms with Crippen LogP contribution in [0.3, 0.4) is 0 Å². The molecule has 0 aromatic heterocycles. The van der Waals surface area contributed by atoms with Crippen LogP contribution in [0.1, 0.15) is 42.0 Å². The lowest BCUT2D eigenvalue weighted by Gasteiger charge is -2.19. The van der Waals surface area contributed by atoms with Crippen LogP contribution in [0.2, 0.25) is 0 Å². The number of nitrogens with two attached hydrogens (primary N) is 1. The van der Waals surface area contributed by atoms with E-state index in [-0.39, 0.29) is 0 Å². The first-order valence-electron chi connectivity index (χ1n) is 6.42. The number of hydrogen-bond acceptors (Lipinski definition) is 3. The highest BCUT2D eigenvalue weighted by Crippen LogP contribution is 2.39. The molecule has 0 fully saturated rings. The summed E-state index contributed by atoms with van der Waals surface area (Å²) in [5.41, 5.74) is 8.72. The van der Waals surface area contributed by atoms with Gasteiger partial charge < -0.3 is 15.6 Å². The predicted molar refractivity (Wildman–Crippen MR) is 76.5 cm³/mol. The lowest BCUT2D eigenvalue weighted by atomic mass is 9.96. The van der Waals surface area contributed by atoms with E-state index >= 15 is 0 Å². The molecule has 1 unspecified atom stereocenters. The van der Waals surface area contributed by atoms with Gasteiger partial charge in [-0.05, 0) is 58.8 Å². The fourth-order valence-corrected chi connectivity index (χ4v) is 3.45. The quantitative estimate of drug-likeness (QED) is 0.837. The molecule has 4 nitrogen and oxygen atoms in total. The summed E-state index contributed by atoms with van der Waals surface area (Å²) in [7, 11) is 1.54. The zero-order valence-corrected chi connectivity index (χ0v) is 12.5. The van der Waals surface area contributed by atoms with Gasteiger partial charge >= 0.3 is 5.97 Å². The molecule has 0 saturated heterocycles. The number of hydrogen-bond donors (Lipinski definition) is 2. The molecule has 1 aliphatic rings. The Hall–Kier alpha value is -1.07. The normalized spacial score (nSPS) is 16.4. The van der Waals surface area contributed by atoms with Crippen molar-refractivity contribution in [3.63, 3.8) is 0 Å². The van der Waals surface area contributed by atoms with Crippen molar-refractivity contribution in [2.24, 2.45) is 5.73 Å². The topological polar surface area (TPSA) is 72.5 Å². The molecular formula is C14H18BrNO3. The lowest BCUT2D eigenvalue weighted by Crippen LogP contribution is -2.22. The predicted octanol–water partition coefficient (Wildman–Crippen LogP) is 2.81. The summed E-state index contributed by atoms with van der Waals surface area (Å²) in [5, 5.41) is 9.11. The molecule has 1 aromatic rings. The third kappa shape index (κ3) is 2.77. The second kappa shape index (κ2) is 5.92. The van der Waals surface area contributed by atoms with Gasteiger partial charge in [-0.3, -0.25) is 4.79 Å². The molecule has 1 aliphatic carbocycles. The molecule has 0 aliphatic heterocycles. The average Bonchev–Trinajstić information content (AvgIpc) is 2.63.